The van der Waals surface area contributed by atoms with Gasteiger partial charge in [-0.3, -0.25) is 4.98 Å². The summed E-state index contributed by atoms with van der Waals surface area (Å²) in [6.07, 6.45) is 8.49. The van der Waals surface area contributed by atoms with Crippen LogP contribution in [0.15, 0.2) is 52.9 Å². The maximum absolute atomic E-state index is 4.51. The van der Waals surface area contributed by atoms with Crippen molar-refractivity contribution in [3.05, 3.63) is 65.1 Å². The number of aryl methyl sites for hydroxylation is 1. The summed E-state index contributed by atoms with van der Waals surface area (Å²) in [5.74, 6) is 0.539. The summed E-state index contributed by atoms with van der Waals surface area (Å²) < 4.78 is 0. The van der Waals surface area contributed by atoms with Gasteiger partial charge in [0.05, 0.1) is 17.6 Å². The van der Waals surface area contributed by atoms with Crippen LogP contribution < -0.4 is 0 Å². The standard InChI is InChI=1S/C21H22N4/c1-14(2)16-6-7-19-18(12-16)17-4-3-5-20(21(17)24-19)25-23-13-15-8-10-22-11-9-15/h6-14,24H,3-5H2,1-2H3/b23-13+,25-20-. The molecule has 1 aliphatic rings. The summed E-state index contributed by atoms with van der Waals surface area (Å²) in [6, 6.07) is 10.6. The third-order valence-corrected chi connectivity index (χ3v) is 4.82. The van der Waals surface area contributed by atoms with Gasteiger partial charge in [-0.2, -0.15) is 10.2 Å². The molecule has 1 aliphatic carbocycles. The molecule has 0 saturated carbocycles. The molecule has 0 saturated heterocycles. The van der Waals surface area contributed by atoms with Crippen molar-refractivity contribution in [2.24, 2.45) is 10.2 Å². The Hall–Kier alpha value is -2.75. The Morgan fingerprint density at radius 1 is 1.12 bits per heavy atom. The van der Waals surface area contributed by atoms with Gasteiger partial charge in [0, 0.05) is 23.3 Å². The van der Waals surface area contributed by atoms with E-state index in [1.807, 2.05) is 12.1 Å². The van der Waals surface area contributed by atoms with Crippen molar-refractivity contribution in [3.8, 4) is 0 Å². The van der Waals surface area contributed by atoms with Crippen LogP contribution in [0.5, 0.6) is 0 Å². The maximum Gasteiger partial charge on any atom is 0.0867 e. The number of nitrogens with one attached hydrogen (secondary N) is 1. The molecule has 0 fully saturated rings. The monoisotopic (exact) mass is 330 g/mol. The van der Waals surface area contributed by atoms with Gasteiger partial charge in [0.25, 0.3) is 0 Å². The minimum Gasteiger partial charge on any atom is -0.353 e. The Labute approximate surface area is 147 Å². The fourth-order valence-electron chi connectivity index (χ4n) is 3.40. The van der Waals surface area contributed by atoms with Gasteiger partial charge in [-0.05, 0) is 66.1 Å². The zero-order chi connectivity index (χ0) is 17.2. The van der Waals surface area contributed by atoms with Crippen LogP contribution >= 0.6 is 0 Å². The average molecular weight is 330 g/mol. The minimum atomic E-state index is 0.539. The van der Waals surface area contributed by atoms with E-state index < -0.39 is 0 Å². The van der Waals surface area contributed by atoms with Gasteiger partial charge in [0.1, 0.15) is 0 Å². The van der Waals surface area contributed by atoms with Crippen molar-refractivity contribution < 1.29 is 0 Å². The number of aromatic amines is 1. The van der Waals surface area contributed by atoms with E-state index >= 15 is 0 Å². The molecule has 126 valence electrons. The molecular formula is C21H22N4. The number of nitrogens with zero attached hydrogens (tertiary/aromatic N) is 3. The Morgan fingerprint density at radius 2 is 1.96 bits per heavy atom. The van der Waals surface area contributed by atoms with Gasteiger partial charge in [0.2, 0.25) is 0 Å². The predicted molar refractivity (Wildman–Crippen MR) is 104 cm³/mol. The zero-order valence-electron chi connectivity index (χ0n) is 14.7. The highest BCUT2D eigenvalue weighted by Crippen LogP contribution is 2.31. The van der Waals surface area contributed by atoms with Crippen LogP contribution in [0.25, 0.3) is 10.9 Å². The number of aromatic nitrogens is 2. The summed E-state index contributed by atoms with van der Waals surface area (Å²) in [5.41, 5.74) is 7.19. The molecule has 4 rings (SSSR count). The van der Waals surface area contributed by atoms with Crippen LogP contribution in [0.3, 0.4) is 0 Å². The molecule has 0 unspecified atom stereocenters. The summed E-state index contributed by atoms with van der Waals surface area (Å²) in [6.45, 7) is 4.47. The highest BCUT2D eigenvalue weighted by Gasteiger charge is 2.21. The van der Waals surface area contributed by atoms with Crippen LogP contribution in [0.4, 0.5) is 0 Å². The lowest BCUT2D eigenvalue weighted by Gasteiger charge is -2.13. The Bertz CT molecular complexity index is 949. The average Bonchev–Trinajstić information content (AvgIpc) is 3.01. The normalized spacial score (nSPS) is 16.2. The summed E-state index contributed by atoms with van der Waals surface area (Å²) in [5, 5.41) is 10.1. The van der Waals surface area contributed by atoms with Crippen LogP contribution in [0, 0.1) is 0 Å². The molecule has 4 nitrogen and oxygen atoms in total. The van der Waals surface area contributed by atoms with Crippen molar-refractivity contribution in [1.82, 2.24) is 9.97 Å². The van der Waals surface area contributed by atoms with E-state index in [2.05, 4.69) is 52.2 Å². The Morgan fingerprint density at radius 3 is 2.76 bits per heavy atom. The molecule has 3 aromatic rings. The van der Waals surface area contributed by atoms with Gasteiger partial charge in [-0.15, -0.1) is 0 Å². The second-order valence-corrected chi connectivity index (χ2v) is 6.86. The number of hydrogen-bond acceptors (Lipinski definition) is 3. The summed E-state index contributed by atoms with van der Waals surface area (Å²) >= 11 is 0. The van der Waals surface area contributed by atoms with Crippen molar-refractivity contribution in [3.63, 3.8) is 0 Å². The summed E-state index contributed by atoms with van der Waals surface area (Å²) in [7, 11) is 0. The third kappa shape index (κ3) is 3.12. The van der Waals surface area contributed by atoms with E-state index in [4.69, 9.17) is 0 Å². The molecule has 25 heavy (non-hydrogen) atoms. The molecule has 1 aromatic carbocycles. The highest BCUT2D eigenvalue weighted by atomic mass is 15.2. The third-order valence-electron chi connectivity index (χ3n) is 4.82. The van der Waals surface area contributed by atoms with Crippen molar-refractivity contribution in [2.75, 3.05) is 0 Å². The number of fused-ring (bicyclic) bond motifs is 3. The summed E-state index contributed by atoms with van der Waals surface area (Å²) in [4.78, 5) is 7.58. The smallest absolute Gasteiger partial charge is 0.0867 e. The maximum atomic E-state index is 4.51. The molecule has 0 aliphatic heterocycles. The highest BCUT2D eigenvalue weighted by molar-refractivity contribution is 6.06. The predicted octanol–water partition coefficient (Wildman–Crippen LogP) is 4.85. The largest absolute Gasteiger partial charge is 0.353 e. The van der Waals surface area contributed by atoms with Crippen LogP contribution in [-0.4, -0.2) is 21.9 Å². The lowest BCUT2D eigenvalue weighted by atomic mass is 9.92. The number of rotatable bonds is 3. The van der Waals surface area contributed by atoms with E-state index in [1.54, 1.807) is 18.6 Å². The molecule has 0 spiro atoms. The van der Waals surface area contributed by atoms with E-state index in [9.17, 15) is 0 Å². The number of benzene rings is 1. The van der Waals surface area contributed by atoms with E-state index in [0.29, 0.717) is 5.92 Å². The first-order valence-corrected chi connectivity index (χ1v) is 8.87. The molecule has 1 N–H and O–H groups in total. The van der Waals surface area contributed by atoms with Gasteiger partial charge >= 0.3 is 0 Å². The first-order valence-electron chi connectivity index (χ1n) is 8.87. The molecule has 0 radical (unpaired) electrons. The van der Waals surface area contributed by atoms with E-state index in [0.717, 1.165) is 36.2 Å². The SMILES string of the molecule is CC(C)c1ccc2[nH]c3c(c2c1)CCC/C3=N/N=C/c1ccncc1. The van der Waals surface area contributed by atoms with Crippen molar-refractivity contribution in [2.45, 2.75) is 39.0 Å². The minimum absolute atomic E-state index is 0.539. The second-order valence-electron chi connectivity index (χ2n) is 6.86. The lowest BCUT2D eigenvalue weighted by molar-refractivity contribution is 0.836. The Kier molecular flexibility index (Phi) is 4.18. The van der Waals surface area contributed by atoms with Crippen molar-refractivity contribution >= 4 is 22.8 Å². The van der Waals surface area contributed by atoms with Gasteiger partial charge in [-0.1, -0.05) is 19.9 Å². The van der Waals surface area contributed by atoms with Gasteiger partial charge in [0.15, 0.2) is 0 Å². The first-order chi connectivity index (χ1) is 12.2. The second kappa shape index (κ2) is 6.63. The first kappa shape index (κ1) is 15.8. The lowest BCUT2D eigenvalue weighted by Crippen LogP contribution is -2.10. The van der Waals surface area contributed by atoms with Crippen LogP contribution in [0.2, 0.25) is 0 Å². The molecule has 2 heterocycles. The van der Waals surface area contributed by atoms with Crippen molar-refractivity contribution in [1.29, 1.82) is 0 Å². The fourth-order valence-corrected chi connectivity index (χ4v) is 3.40. The fraction of sp³-hybridized carbons (Fsp3) is 0.286. The van der Waals surface area contributed by atoms with Gasteiger partial charge in [-0.25, -0.2) is 0 Å². The number of H-pyrrole nitrogens is 1. The van der Waals surface area contributed by atoms with Crippen LogP contribution in [0.1, 0.15) is 55.0 Å². The van der Waals surface area contributed by atoms with E-state index in [-0.39, 0.29) is 0 Å². The Balaban J connectivity index is 1.71. The molecule has 0 atom stereocenters. The zero-order valence-corrected chi connectivity index (χ0v) is 14.7. The molecular weight excluding hydrogens is 308 g/mol. The molecule has 0 bridgehead atoms. The number of pyridine rings is 1. The quantitative estimate of drug-likeness (QED) is 0.542. The molecule has 0 amide bonds. The van der Waals surface area contributed by atoms with Gasteiger partial charge < -0.3 is 4.98 Å². The molecule has 4 heteroatoms. The van der Waals surface area contributed by atoms with Crippen LogP contribution in [-0.2, 0) is 6.42 Å². The van der Waals surface area contributed by atoms with E-state index in [1.165, 1.54) is 22.0 Å². The topological polar surface area (TPSA) is 53.4 Å². The number of hydrogen-bond donors (Lipinski definition) is 1. The molecule has 2 aromatic heterocycles.